The molecule has 0 atom stereocenters. The Balaban J connectivity index is 1.62. The minimum Gasteiger partial charge on any atom is -0.489 e. The minimum absolute atomic E-state index is 0.568. The normalized spacial score (nSPS) is 10.2. The highest BCUT2D eigenvalue weighted by Gasteiger charge is 2.01. The summed E-state index contributed by atoms with van der Waals surface area (Å²) in [7, 11) is 0. The number of rotatable bonds is 5. The van der Waals surface area contributed by atoms with Crippen molar-refractivity contribution < 1.29 is 9.47 Å². The summed E-state index contributed by atoms with van der Waals surface area (Å²) in [6.45, 7) is 2.60. The van der Waals surface area contributed by atoms with Gasteiger partial charge in [-0.2, -0.15) is 0 Å². The maximum absolute atomic E-state index is 5.87. The van der Waals surface area contributed by atoms with E-state index in [1.807, 2.05) is 73.7 Å². The lowest BCUT2D eigenvalue weighted by molar-refractivity contribution is 0.306. The lowest BCUT2D eigenvalue weighted by Crippen LogP contribution is -1.94. The molecule has 3 aromatic carbocycles. The molecule has 3 aromatic rings. The molecular weight excluding hydrogens is 272 g/mol. The first-order valence-corrected chi connectivity index (χ1v) is 7.31. The number of hydrogen-bond donors (Lipinski definition) is 0. The van der Waals surface area contributed by atoms with Crippen LogP contribution in [0.25, 0.3) is 0 Å². The van der Waals surface area contributed by atoms with E-state index in [4.69, 9.17) is 9.47 Å². The lowest BCUT2D eigenvalue weighted by Gasteiger charge is -2.10. The van der Waals surface area contributed by atoms with Crippen LogP contribution >= 0.6 is 0 Å². The Kier molecular flexibility index (Phi) is 4.40. The van der Waals surface area contributed by atoms with Crippen LogP contribution < -0.4 is 9.47 Å². The van der Waals surface area contributed by atoms with E-state index in [0.717, 1.165) is 28.4 Å². The van der Waals surface area contributed by atoms with Crippen LogP contribution in [0.4, 0.5) is 0 Å². The van der Waals surface area contributed by atoms with Crippen LogP contribution in [0.2, 0.25) is 0 Å². The Morgan fingerprint density at radius 2 is 1.32 bits per heavy atom. The number of para-hydroxylation sites is 1. The number of benzene rings is 3. The summed E-state index contributed by atoms with van der Waals surface area (Å²) in [5, 5.41) is 0. The summed E-state index contributed by atoms with van der Waals surface area (Å²) >= 11 is 0. The van der Waals surface area contributed by atoms with Gasteiger partial charge in [0.05, 0.1) is 0 Å². The molecule has 0 saturated carbocycles. The number of hydrogen-bond acceptors (Lipinski definition) is 2. The van der Waals surface area contributed by atoms with E-state index in [1.54, 1.807) is 0 Å². The highest BCUT2D eigenvalue weighted by Crippen LogP contribution is 2.26. The van der Waals surface area contributed by atoms with E-state index in [2.05, 4.69) is 12.1 Å². The SMILES string of the molecule is Cc1ccccc1Oc1ccc(OCc2ccccc2)cc1. The van der Waals surface area contributed by atoms with E-state index in [0.29, 0.717) is 6.61 Å². The average Bonchev–Trinajstić information content (AvgIpc) is 2.57. The van der Waals surface area contributed by atoms with Crippen LogP contribution in [0.3, 0.4) is 0 Å². The van der Waals surface area contributed by atoms with E-state index in [1.165, 1.54) is 0 Å². The fourth-order valence-electron chi connectivity index (χ4n) is 2.14. The molecule has 0 N–H and O–H groups in total. The smallest absolute Gasteiger partial charge is 0.130 e. The Morgan fingerprint density at radius 1 is 0.682 bits per heavy atom. The van der Waals surface area contributed by atoms with Crippen molar-refractivity contribution >= 4 is 0 Å². The average molecular weight is 290 g/mol. The summed E-state index contributed by atoms with van der Waals surface area (Å²) in [5.41, 5.74) is 2.27. The lowest BCUT2D eigenvalue weighted by atomic mass is 10.2. The van der Waals surface area contributed by atoms with Crippen molar-refractivity contribution in [1.29, 1.82) is 0 Å². The van der Waals surface area contributed by atoms with E-state index in [-0.39, 0.29) is 0 Å². The Bertz CT molecular complexity index is 718. The zero-order valence-electron chi connectivity index (χ0n) is 12.5. The monoisotopic (exact) mass is 290 g/mol. The summed E-state index contributed by atoms with van der Waals surface area (Å²) in [6.07, 6.45) is 0. The molecule has 0 spiro atoms. The second kappa shape index (κ2) is 6.81. The molecule has 2 nitrogen and oxygen atoms in total. The summed E-state index contributed by atoms with van der Waals surface area (Å²) in [5.74, 6) is 2.52. The standard InChI is InChI=1S/C20H18O2/c1-16-7-5-6-10-20(16)22-19-13-11-18(12-14-19)21-15-17-8-3-2-4-9-17/h2-14H,15H2,1H3. The second-order valence-electron chi connectivity index (χ2n) is 5.11. The van der Waals surface area contributed by atoms with Crippen molar-refractivity contribution in [2.24, 2.45) is 0 Å². The van der Waals surface area contributed by atoms with Gasteiger partial charge < -0.3 is 9.47 Å². The zero-order chi connectivity index (χ0) is 15.2. The first-order valence-electron chi connectivity index (χ1n) is 7.31. The highest BCUT2D eigenvalue weighted by molar-refractivity contribution is 5.38. The Morgan fingerprint density at radius 3 is 2.05 bits per heavy atom. The number of aryl methyl sites for hydroxylation is 1. The minimum atomic E-state index is 0.568. The van der Waals surface area contributed by atoms with E-state index < -0.39 is 0 Å². The van der Waals surface area contributed by atoms with Gasteiger partial charge in [0.25, 0.3) is 0 Å². The van der Waals surface area contributed by atoms with Crippen LogP contribution in [0, 0.1) is 6.92 Å². The van der Waals surface area contributed by atoms with Gasteiger partial charge in [0, 0.05) is 0 Å². The number of ether oxygens (including phenoxy) is 2. The fraction of sp³-hybridized carbons (Fsp3) is 0.100. The maximum atomic E-state index is 5.87. The zero-order valence-corrected chi connectivity index (χ0v) is 12.5. The highest BCUT2D eigenvalue weighted by atomic mass is 16.5. The van der Waals surface area contributed by atoms with Crippen LogP contribution in [-0.4, -0.2) is 0 Å². The molecule has 2 heteroatoms. The first-order chi connectivity index (χ1) is 10.8. The predicted molar refractivity (Wildman–Crippen MR) is 88.5 cm³/mol. The molecule has 0 fully saturated rings. The molecular formula is C20H18O2. The topological polar surface area (TPSA) is 18.5 Å². The Labute approximate surface area is 131 Å². The van der Waals surface area contributed by atoms with Crippen molar-refractivity contribution in [2.75, 3.05) is 0 Å². The summed E-state index contributed by atoms with van der Waals surface area (Å²) in [4.78, 5) is 0. The third-order valence-electron chi connectivity index (χ3n) is 3.39. The van der Waals surface area contributed by atoms with Crippen molar-refractivity contribution in [1.82, 2.24) is 0 Å². The third-order valence-corrected chi connectivity index (χ3v) is 3.39. The van der Waals surface area contributed by atoms with Crippen LogP contribution in [0.5, 0.6) is 17.2 Å². The first kappa shape index (κ1) is 14.2. The molecule has 0 heterocycles. The van der Waals surface area contributed by atoms with Crippen molar-refractivity contribution in [3.8, 4) is 17.2 Å². The molecule has 22 heavy (non-hydrogen) atoms. The summed E-state index contributed by atoms with van der Waals surface area (Å²) < 4.78 is 11.6. The molecule has 0 bridgehead atoms. The van der Waals surface area contributed by atoms with Crippen molar-refractivity contribution in [3.63, 3.8) is 0 Å². The molecule has 110 valence electrons. The molecule has 0 aliphatic rings. The van der Waals surface area contributed by atoms with Crippen molar-refractivity contribution in [2.45, 2.75) is 13.5 Å². The van der Waals surface area contributed by atoms with E-state index >= 15 is 0 Å². The molecule has 0 radical (unpaired) electrons. The molecule has 0 unspecified atom stereocenters. The van der Waals surface area contributed by atoms with E-state index in [9.17, 15) is 0 Å². The van der Waals surface area contributed by atoms with Crippen molar-refractivity contribution in [3.05, 3.63) is 90.0 Å². The van der Waals surface area contributed by atoms with Gasteiger partial charge in [0.2, 0.25) is 0 Å². The molecule has 0 amide bonds. The van der Waals surface area contributed by atoms with Gasteiger partial charge in [-0.1, -0.05) is 48.5 Å². The maximum Gasteiger partial charge on any atom is 0.130 e. The third kappa shape index (κ3) is 3.67. The van der Waals surface area contributed by atoms with Crippen LogP contribution in [-0.2, 0) is 6.61 Å². The molecule has 0 aromatic heterocycles. The van der Waals surface area contributed by atoms with Crippen LogP contribution in [0.1, 0.15) is 11.1 Å². The van der Waals surface area contributed by atoms with Gasteiger partial charge >= 0.3 is 0 Å². The molecule has 0 saturated heterocycles. The van der Waals surface area contributed by atoms with Gasteiger partial charge in [-0.15, -0.1) is 0 Å². The predicted octanol–water partition coefficient (Wildman–Crippen LogP) is 5.37. The molecule has 0 aliphatic carbocycles. The second-order valence-corrected chi connectivity index (χ2v) is 5.11. The van der Waals surface area contributed by atoms with Gasteiger partial charge in [0.1, 0.15) is 23.9 Å². The quantitative estimate of drug-likeness (QED) is 0.629. The van der Waals surface area contributed by atoms with Crippen LogP contribution in [0.15, 0.2) is 78.9 Å². The van der Waals surface area contributed by atoms with Gasteiger partial charge in [-0.05, 0) is 48.4 Å². The van der Waals surface area contributed by atoms with Gasteiger partial charge in [-0.25, -0.2) is 0 Å². The summed E-state index contributed by atoms with van der Waals surface area (Å²) in [6, 6.07) is 25.8. The van der Waals surface area contributed by atoms with Gasteiger partial charge in [-0.3, -0.25) is 0 Å². The van der Waals surface area contributed by atoms with Gasteiger partial charge in [0.15, 0.2) is 0 Å². The molecule has 3 rings (SSSR count). The largest absolute Gasteiger partial charge is 0.489 e. The molecule has 0 aliphatic heterocycles. The fourth-order valence-corrected chi connectivity index (χ4v) is 2.14. The Hall–Kier alpha value is -2.74.